The summed E-state index contributed by atoms with van der Waals surface area (Å²) < 4.78 is 0. The topological polar surface area (TPSA) is 3.24 Å². The highest BCUT2D eigenvalue weighted by Crippen LogP contribution is 2.37. The maximum Gasteiger partial charge on any atom is 0.0121 e. The molecule has 0 aromatic carbocycles. The molecule has 1 atom stereocenters. The Morgan fingerprint density at radius 1 is 1.20 bits per heavy atom. The second-order valence-electron chi connectivity index (χ2n) is 5.50. The molecular formula is C14H25N. The smallest absolute Gasteiger partial charge is 0.0121 e. The number of allylic oxidation sites excluding steroid dienone is 1. The molecule has 0 radical (unpaired) electrons. The van der Waals surface area contributed by atoms with E-state index in [1.807, 2.05) is 0 Å². The molecule has 1 heteroatoms. The van der Waals surface area contributed by atoms with Crippen molar-refractivity contribution in [3.63, 3.8) is 0 Å². The maximum atomic E-state index is 3.86. The molecular weight excluding hydrogens is 182 g/mol. The van der Waals surface area contributed by atoms with Gasteiger partial charge in [0.2, 0.25) is 0 Å². The quantitative estimate of drug-likeness (QED) is 0.641. The fraction of sp³-hybridized carbons (Fsp3) is 0.857. The lowest BCUT2D eigenvalue weighted by Gasteiger charge is -2.34. The SMILES string of the molecule is C=CCC1CCC(C2CCCN2C)CC1. The number of rotatable bonds is 3. The van der Waals surface area contributed by atoms with Crippen molar-refractivity contribution in [2.75, 3.05) is 13.6 Å². The molecule has 0 N–H and O–H groups in total. The zero-order valence-corrected chi connectivity index (χ0v) is 10.1. The van der Waals surface area contributed by atoms with E-state index in [-0.39, 0.29) is 0 Å². The molecule has 15 heavy (non-hydrogen) atoms. The normalized spacial score (nSPS) is 38.1. The van der Waals surface area contributed by atoms with Gasteiger partial charge < -0.3 is 4.90 Å². The van der Waals surface area contributed by atoms with Gasteiger partial charge in [0.15, 0.2) is 0 Å². The number of hydrogen-bond acceptors (Lipinski definition) is 1. The van der Waals surface area contributed by atoms with Gasteiger partial charge in [-0.3, -0.25) is 0 Å². The summed E-state index contributed by atoms with van der Waals surface area (Å²) in [6.45, 7) is 5.19. The summed E-state index contributed by atoms with van der Waals surface area (Å²) in [5, 5.41) is 0. The molecule has 2 aliphatic rings. The van der Waals surface area contributed by atoms with Crippen LogP contribution in [0.5, 0.6) is 0 Å². The van der Waals surface area contributed by atoms with E-state index in [4.69, 9.17) is 0 Å². The zero-order valence-electron chi connectivity index (χ0n) is 10.1. The van der Waals surface area contributed by atoms with Gasteiger partial charge in [-0.25, -0.2) is 0 Å². The predicted molar refractivity (Wildman–Crippen MR) is 65.9 cm³/mol. The first kappa shape index (κ1) is 11.2. The molecule has 2 fully saturated rings. The first-order chi connectivity index (χ1) is 7.31. The Hall–Kier alpha value is -0.300. The minimum atomic E-state index is 0.912. The largest absolute Gasteiger partial charge is 0.303 e. The minimum Gasteiger partial charge on any atom is -0.303 e. The maximum absolute atomic E-state index is 3.86. The first-order valence-electron chi connectivity index (χ1n) is 6.62. The molecule has 1 unspecified atom stereocenters. The molecule has 1 nitrogen and oxygen atoms in total. The molecule has 0 bridgehead atoms. The molecule has 1 saturated carbocycles. The van der Waals surface area contributed by atoms with Crippen LogP contribution in [0.4, 0.5) is 0 Å². The molecule has 0 spiro atoms. The molecule has 2 rings (SSSR count). The van der Waals surface area contributed by atoms with Crippen LogP contribution in [-0.4, -0.2) is 24.5 Å². The van der Waals surface area contributed by atoms with E-state index in [1.165, 1.54) is 51.5 Å². The van der Waals surface area contributed by atoms with E-state index in [1.54, 1.807) is 0 Å². The average Bonchev–Trinajstić information content (AvgIpc) is 2.66. The molecule has 1 aliphatic carbocycles. The van der Waals surface area contributed by atoms with Crippen molar-refractivity contribution in [3.05, 3.63) is 12.7 Å². The highest BCUT2D eigenvalue weighted by molar-refractivity contribution is 4.87. The van der Waals surface area contributed by atoms with Crippen LogP contribution in [-0.2, 0) is 0 Å². The van der Waals surface area contributed by atoms with Gasteiger partial charge in [0.25, 0.3) is 0 Å². The predicted octanol–water partition coefficient (Wildman–Crippen LogP) is 3.46. The lowest BCUT2D eigenvalue weighted by atomic mass is 9.77. The molecule has 1 saturated heterocycles. The second kappa shape index (κ2) is 5.16. The fourth-order valence-corrected chi connectivity index (χ4v) is 3.58. The fourth-order valence-electron chi connectivity index (χ4n) is 3.58. The van der Waals surface area contributed by atoms with E-state index in [0.29, 0.717) is 0 Å². The third-order valence-corrected chi connectivity index (χ3v) is 4.51. The summed E-state index contributed by atoms with van der Waals surface area (Å²) in [5.74, 6) is 1.95. The highest BCUT2D eigenvalue weighted by Gasteiger charge is 2.31. The van der Waals surface area contributed by atoms with Crippen molar-refractivity contribution in [1.29, 1.82) is 0 Å². The van der Waals surface area contributed by atoms with Crippen molar-refractivity contribution >= 4 is 0 Å². The summed E-state index contributed by atoms with van der Waals surface area (Å²) >= 11 is 0. The van der Waals surface area contributed by atoms with Gasteiger partial charge in [-0.15, -0.1) is 6.58 Å². The minimum absolute atomic E-state index is 0.912. The monoisotopic (exact) mass is 207 g/mol. The first-order valence-corrected chi connectivity index (χ1v) is 6.62. The van der Waals surface area contributed by atoms with Crippen LogP contribution in [0.1, 0.15) is 44.9 Å². The molecule has 1 heterocycles. The average molecular weight is 207 g/mol. The van der Waals surface area contributed by atoms with E-state index in [2.05, 4.69) is 24.6 Å². The van der Waals surface area contributed by atoms with Gasteiger partial charge in [-0.2, -0.15) is 0 Å². The Morgan fingerprint density at radius 3 is 2.47 bits per heavy atom. The van der Waals surface area contributed by atoms with Crippen LogP contribution >= 0.6 is 0 Å². The molecule has 1 aliphatic heterocycles. The molecule has 0 amide bonds. The van der Waals surface area contributed by atoms with Crippen LogP contribution in [0.15, 0.2) is 12.7 Å². The summed E-state index contributed by atoms with van der Waals surface area (Å²) in [5.41, 5.74) is 0. The number of likely N-dealkylation sites (tertiary alicyclic amines) is 1. The summed E-state index contributed by atoms with van der Waals surface area (Å²) in [6.07, 6.45) is 12.0. The Morgan fingerprint density at radius 2 is 1.93 bits per heavy atom. The lowest BCUT2D eigenvalue weighted by Crippen LogP contribution is -2.34. The van der Waals surface area contributed by atoms with Gasteiger partial charge in [0, 0.05) is 6.04 Å². The standard InChI is InChI=1S/C14H25N/c1-3-5-12-7-9-13(10-8-12)14-6-4-11-15(14)2/h3,12-14H,1,4-11H2,2H3. The summed E-state index contributed by atoms with van der Waals surface area (Å²) in [7, 11) is 2.31. The van der Waals surface area contributed by atoms with Crippen LogP contribution in [0, 0.1) is 11.8 Å². The van der Waals surface area contributed by atoms with Crippen molar-refractivity contribution in [2.24, 2.45) is 11.8 Å². The Labute approximate surface area is 94.5 Å². The van der Waals surface area contributed by atoms with Crippen LogP contribution in [0.25, 0.3) is 0 Å². The lowest BCUT2D eigenvalue weighted by molar-refractivity contribution is 0.161. The number of nitrogens with zero attached hydrogens (tertiary/aromatic N) is 1. The van der Waals surface area contributed by atoms with Crippen LogP contribution in [0.3, 0.4) is 0 Å². The van der Waals surface area contributed by atoms with Gasteiger partial charge >= 0.3 is 0 Å². The number of hydrogen-bond donors (Lipinski definition) is 0. The Kier molecular flexibility index (Phi) is 3.85. The second-order valence-corrected chi connectivity index (χ2v) is 5.50. The van der Waals surface area contributed by atoms with Gasteiger partial charge in [0.1, 0.15) is 0 Å². The van der Waals surface area contributed by atoms with Gasteiger partial charge in [-0.05, 0) is 70.4 Å². The van der Waals surface area contributed by atoms with E-state index in [9.17, 15) is 0 Å². The van der Waals surface area contributed by atoms with Crippen molar-refractivity contribution < 1.29 is 0 Å². The molecule has 86 valence electrons. The van der Waals surface area contributed by atoms with E-state index in [0.717, 1.165) is 17.9 Å². The Bertz CT molecular complexity index is 203. The van der Waals surface area contributed by atoms with Crippen molar-refractivity contribution in [2.45, 2.75) is 51.0 Å². The highest BCUT2D eigenvalue weighted by atomic mass is 15.1. The summed E-state index contributed by atoms with van der Waals surface area (Å²) in [6, 6.07) is 0.912. The van der Waals surface area contributed by atoms with Crippen LogP contribution in [0.2, 0.25) is 0 Å². The van der Waals surface area contributed by atoms with Gasteiger partial charge in [0.05, 0.1) is 0 Å². The third-order valence-electron chi connectivity index (χ3n) is 4.51. The van der Waals surface area contributed by atoms with Crippen LogP contribution < -0.4 is 0 Å². The molecule has 0 aromatic heterocycles. The molecule has 0 aromatic rings. The van der Waals surface area contributed by atoms with E-state index >= 15 is 0 Å². The van der Waals surface area contributed by atoms with Gasteiger partial charge in [-0.1, -0.05) is 6.08 Å². The van der Waals surface area contributed by atoms with E-state index < -0.39 is 0 Å². The Balaban J connectivity index is 1.79. The third kappa shape index (κ3) is 2.63. The zero-order chi connectivity index (χ0) is 10.7. The van der Waals surface area contributed by atoms with Crippen molar-refractivity contribution in [1.82, 2.24) is 4.90 Å². The van der Waals surface area contributed by atoms with Crippen molar-refractivity contribution in [3.8, 4) is 0 Å². The summed E-state index contributed by atoms with van der Waals surface area (Å²) in [4.78, 5) is 2.60.